The number of carbonyl (C=O) groups excluding carboxylic acids is 1. The molecule has 1 aromatic heterocycles. The number of halogens is 3. The minimum atomic E-state index is -4.40. The quantitative estimate of drug-likeness (QED) is 0.465. The van der Waals surface area contributed by atoms with Gasteiger partial charge in [0.25, 0.3) is 0 Å². The van der Waals surface area contributed by atoms with Crippen LogP contribution in [0.2, 0.25) is 0 Å². The van der Waals surface area contributed by atoms with Gasteiger partial charge in [0.1, 0.15) is 5.75 Å². The summed E-state index contributed by atoms with van der Waals surface area (Å²) in [6.07, 6.45) is -0.746. The van der Waals surface area contributed by atoms with E-state index in [1.165, 1.54) is 18.3 Å². The van der Waals surface area contributed by atoms with Crippen molar-refractivity contribution in [1.82, 2.24) is 9.97 Å². The van der Waals surface area contributed by atoms with Gasteiger partial charge >= 0.3 is 6.18 Å². The normalized spacial score (nSPS) is 14.7. The molecule has 2 N–H and O–H groups in total. The number of hydrogen-bond acceptors (Lipinski definition) is 4. The third kappa shape index (κ3) is 5.32. The van der Waals surface area contributed by atoms with Gasteiger partial charge in [0.15, 0.2) is 5.82 Å². The molecule has 1 saturated carbocycles. The lowest BCUT2D eigenvalue weighted by molar-refractivity contribution is -0.137. The van der Waals surface area contributed by atoms with Crippen molar-refractivity contribution in [3.8, 4) is 17.1 Å². The number of hydrogen-bond donors (Lipinski definition) is 2. The maximum Gasteiger partial charge on any atom is 0.416 e. The number of benzene rings is 2. The number of rotatable bonds is 6. The van der Waals surface area contributed by atoms with Gasteiger partial charge in [0.2, 0.25) is 5.91 Å². The Balaban J connectivity index is 1.50. The fourth-order valence-corrected chi connectivity index (χ4v) is 3.69. The Morgan fingerprint density at radius 3 is 2.48 bits per heavy atom. The van der Waals surface area contributed by atoms with Crippen LogP contribution >= 0.6 is 0 Å². The zero-order chi connectivity index (χ0) is 23.8. The van der Waals surface area contributed by atoms with E-state index in [-0.39, 0.29) is 29.9 Å². The van der Waals surface area contributed by atoms with Gasteiger partial charge in [-0.05, 0) is 55.0 Å². The van der Waals surface area contributed by atoms with E-state index in [4.69, 9.17) is 0 Å². The van der Waals surface area contributed by atoms with Crippen molar-refractivity contribution in [3.05, 3.63) is 71.0 Å². The van der Waals surface area contributed by atoms with E-state index in [0.717, 1.165) is 36.1 Å². The predicted octanol–water partition coefficient (Wildman–Crippen LogP) is 6.19. The zero-order valence-corrected chi connectivity index (χ0v) is 18.3. The number of alkyl halides is 3. The number of aromatic hydroxyl groups is 1. The first-order valence-electron chi connectivity index (χ1n) is 10.8. The van der Waals surface area contributed by atoms with Crippen molar-refractivity contribution >= 4 is 11.6 Å². The molecule has 1 atom stereocenters. The van der Waals surface area contributed by atoms with Crippen LogP contribution in [0.1, 0.15) is 60.4 Å². The first kappa shape index (κ1) is 22.8. The molecule has 1 aliphatic carbocycles. The van der Waals surface area contributed by atoms with Crippen LogP contribution in [0.4, 0.5) is 18.9 Å². The van der Waals surface area contributed by atoms with Crippen molar-refractivity contribution < 1.29 is 23.1 Å². The monoisotopic (exact) mass is 455 g/mol. The first-order chi connectivity index (χ1) is 15.6. The summed E-state index contributed by atoms with van der Waals surface area (Å²) >= 11 is 0. The molecule has 0 bridgehead atoms. The van der Waals surface area contributed by atoms with Crippen LogP contribution in [0.25, 0.3) is 11.4 Å². The van der Waals surface area contributed by atoms with Gasteiger partial charge in [-0.15, -0.1) is 0 Å². The molecule has 5 nitrogen and oxygen atoms in total. The number of phenols is 1. The lowest BCUT2D eigenvalue weighted by Crippen LogP contribution is -2.16. The van der Waals surface area contributed by atoms with Crippen molar-refractivity contribution in [2.45, 2.75) is 51.1 Å². The zero-order valence-electron chi connectivity index (χ0n) is 18.3. The van der Waals surface area contributed by atoms with Gasteiger partial charge in [-0.25, -0.2) is 9.97 Å². The summed E-state index contributed by atoms with van der Waals surface area (Å²) in [7, 11) is 0. The molecule has 8 heteroatoms. The molecule has 33 heavy (non-hydrogen) atoms. The Morgan fingerprint density at radius 1 is 1.18 bits per heavy atom. The maximum atomic E-state index is 12.8. The van der Waals surface area contributed by atoms with Crippen LogP contribution in [0.3, 0.4) is 0 Å². The Bertz CT molecular complexity index is 1170. The van der Waals surface area contributed by atoms with Gasteiger partial charge < -0.3 is 10.4 Å². The van der Waals surface area contributed by atoms with Crippen LogP contribution in [0, 0.1) is 6.92 Å². The Labute approximate surface area is 189 Å². The summed E-state index contributed by atoms with van der Waals surface area (Å²) < 4.78 is 38.5. The average Bonchev–Trinajstić information content (AvgIpc) is 3.60. The van der Waals surface area contributed by atoms with Crippen molar-refractivity contribution in [2.24, 2.45) is 0 Å². The summed E-state index contributed by atoms with van der Waals surface area (Å²) in [6, 6.07) is 10.0. The minimum absolute atomic E-state index is 0.0546. The highest BCUT2D eigenvalue weighted by atomic mass is 19.4. The number of carbonyl (C=O) groups is 1. The van der Waals surface area contributed by atoms with Crippen molar-refractivity contribution in [2.75, 3.05) is 5.32 Å². The molecular formula is C25H24F3N3O2. The molecule has 1 fully saturated rings. The second kappa shape index (κ2) is 8.84. The largest absolute Gasteiger partial charge is 0.508 e. The standard InChI is InChI=1S/C25H24F3N3O2/c1-14(18-7-10-21(32)15(2)11-18)12-22(33)30-20-13-29-24(31-23(20)16-3-4-16)17-5-8-19(9-6-17)25(26,27)28/h5-11,13-14,16,32H,3-4,12H2,1-2H3,(H,30,33). The molecule has 1 heterocycles. The number of phenolic OH excluding ortho intramolecular Hbond substituents is 1. The van der Waals surface area contributed by atoms with Crippen LogP contribution in [0.5, 0.6) is 5.75 Å². The molecule has 0 aliphatic heterocycles. The third-order valence-electron chi connectivity index (χ3n) is 5.81. The topological polar surface area (TPSA) is 75.1 Å². The van der Waals surface area contributed by atoms with E-state index in [1.807, 2.05) is 19.9 Å². The number of aryl methyl sites for hydroxylation is 1. The maximum absolute atomic E-state index is 12.8. The molecule has 0 radical (unpaired) electrons. The number of anilines is 1. The predicted molar refractivity (Wildman–Crippen MR) is 119 cm³/mol. The minimum Gasteiger partial charge on any atom is -0.508 e. The lowest BCUT2D eigenvalue weighted by Gasteiger charge is -2.15. The molecule has 1 unspecified atom stereocenters. The van der Waals surface area contributed by atoms with Crippen molar-refractivity contribution in [1.29, 1.82) is 0 Å². The van der Waals surface area contributed by atoms with E-state index in [9.17, 15) is 23.1 Å². The molecule has 1 aliphatic rings. The van der Waals surface area contributed by atoms with E-state index in [0.29, 0.717) is 22.8 Å². The molecule has 2 aromatic carbocycles. The molecule has 0 saturated heterocycles. The van der Waals surface area contributed by atoms with Crippen LogP contribution < -0.4 is 5.32 Å². The summed E-state index contributed by atoms with van der Waals surface area (Å²) in [5, 5.41) is 12.6. The molecule has 3 aromatic rings. The summed E-state index contributed by atoms with van der Waals surface area (Å²) in [5.41, 5.74) is 2.71. The third-order valence-corrected chi connectivity index (χ3v) is 5.81. The molecule has 4 rings (SSSR count). The highest BCUT2D eigenvalue weighted by molar-refractivity contribution is 5.92. The Morgan fingerprint density at radius 2 is 1.88 bits per heavy atom. The number of amides is 1. The van der Waals surface area contributed by atoms with E-state index < -0.39 is 11.7 Å². The first-order valence-corrected chi connectivity index (χ1v) is 10.8. The van der Waals surface area contributed by atoms with E-state index >= 15 is 0 Å². The van der Waals surface area contributed by atoms with E-state index in [2.05, 4.69) is 15.3 Å². The van der Waals surface area contributed by atoms with Gasteiger partial charge in [0.05, 0.1) is 23.1 Å². The summed E-state index contributed by atoms with van der Waals surface area (Å²) in [6.45, 7) is 3.75. The second-order valence-corrected chi connectivity index (χ2v) is 8.54. The average molecular weight is 455 g/mol. The SMILES string of the molecule is Cc1cc(C(C)CC(=O)Nc2cnc(-c3ccc(C(F)(F)F)cc3)nc2C2CC2)ccc1O. The Kier molecular flexibility index (Phi) is 6.10. The Hall–Kier alpha value is -3.42. The summed E-state index contributed by atoms with van der Waals surface area (Å²) in [5.74, 6) is 0.516. The van der Waals surface area contributed by atoms with Gasteiger partial charge in [-0.3, -0.25) is 4.79 Å². The summed E-state index contributed by atoms with van der Waals surface area (Å²) in [4.78, 5) is 21.6. The fourth-order valence-electron chi connectivity index (χ4n) is 3.69. The lowest BCUT2D eigenvalue weighted by atomic mass is 9.95. The highest BCUT2D eigenvalue weighted by Gasteiger charge is 2.31. The molecule has 1 amide bonds. The van der Waals surface area contributed by atoms with Crippen LogP contribution in [-0.4, -0.2) is 21.0 Å². The molecule has 172 valence electrons. The second-order valence-electron chi connectivity index (χ2n) is 8.54. The van der Waals surface area contributed by atoms with Crippen LogP contribution in [0.15, 0.2) is 48.7 Å². The number of nitrogens with zero attached hydrogens (tertiary/aromatic N) is 2. The molecular weight excluding hydrogens is 431 g/mol. The smallest absolute Gasteiger partial charge is 0.416 e. The van der Waals surface area contributed by atoms with Crippen LogP contribution in [-0.2, 0) is 11.0 Å². The van der Waals surface area contributed by atoms with E-state index in [1.54, 1.807) is 12.1 Å². The van der Waals surface area contributed by atoms with Gasteiger partial charge in [0, 0.05) is 17.9 Å². The number of aromatic nitrogens is 2. The number of nitrogens with one attached hydrogen (secondary N) is 1. The van der Waals surface area contributed by atoms with Gasteiger partial charge in [-0.2, -0.15) is 13.2 Å². The highest BCUT2D eigenvalue weighted by Crippen LogP contribution is 2.43. The van der Waals surface area contributed by atoms with Gasteiger partial charge in [-0.1, -0.05) is 31.2 Å². The fraction of sp³-hybridized carbons (Fsp3) is 0.320. The van der Waals surface area contributed by atoms with Crippen molar-refractivity contribution in [3.63, 3.8) is 0 Å². The molecule has 0 spiro atoms.